The Bertz CT molecular complexity index is 870. The number of aromatic amines is 1. The Morgan fingerprint density at radius 1 is 1.36 bits per heavy atom. The highest BCUT2D eigenvalue weighted by Gasteiger charge is 2.17. The predicted molar refractivity (Wildman–Crippen MR) is 94.3 cm³/mol. The number of amides is 1. The number of nitrogens with one attached hydrogen (secondary N) is 2. The van der Waals surface area contributed by atoms with E-state index in [1.165, 1.54) is 11.8 Å². The van der Waals surface area contributed by atoms with Gasteiger partial charge in [-0.3, -0.25) is 4.79 Å². The van der Waals surface area contributed by atoms with Crippen LogP contribution in [0.1, 0.15) is 12.8 Å². The van der Waals surface area contributed by atoms with Crippen molar-refractivity contribution >= 4 is 28.6 Å². The van der Waals surface area contributed by atoms with Crippen LogP contribution in [0.5, 0.6) is 0 Å². The Kier molecular flexibility index (Phi) is 4.71. The summed E-state index contributed by atoms with van der Waals surface area (Å²) in [7, 11) is 0. The highest BCUT2D eigenvalue weighted by atomic mass is 32.2. The summed E-state index contributed by atoms with van der Waals surface area (Å²) in [5.41, 5.74) is 1.87. The van der Waals surface area contributed by atoms with E-state index < -0.39 is 0 Å². The zero-order valence-electron chi connectivity index (χ0n) is 13.5. The number of carbonyl (C=O) groups is 1. The molecule has 1 aliphatic heterocycles. The van der Waals surface area contributed by atoms with Crippen molar-refractivity contribution in [3.63, 3.8) is 0 Å². The Balaban J connectivity index is 1.34. The average Bonchev–Trinajstić information content (AvgIpc) is 3.37. The molecule has 0 spiro atoms. The smallest absolute Gasteiger partial charge is 0.277 e. The second kappa shape index (κ2) is 7.28. The fourth-order valence-corrected chi connectivity index (χ4v) is 3.43. The Morgan fingerprint density at radius 3 is 3.16 bits per heavy atom. The molecule has 130 valence electrons. The minimum Gasteiger partial charge on any atom is -0.411 e. The van der Waals surface area contributed by atoms with Crippen LogP contribution in [0.4, 0.5) is 0 Å². The molecule has 0 radical (unpaired) electrons. The van der Waals surface area contributed by atoms with E-state index in [4.69, 9.17) is 9.15 Å². The summed E-state index contributed by atoms with van der Waals surface area (Å²) >= 11 is 1.23. The van der Waals surface area contributed by atoms with Crippen molar-refractivity contribution in [2.45, 2.75) is 24.2 Å². The quantitative estimate of drug-likeness (QED) is 0.658. The lowest BCUT2D eigenvalue weighted by atomic mass is 10.2. The third-order valence-electron chi connectivity index (χ3n) is 4.10. The molecular formula is C17H18N4O3S. The van der Waals surface area contributed by atoms with Gasteiger partial charge in [0.1, 0.15) is 0 Å². The van der Waals surface area contributed by atoms with Crippen molar-refractivity contribution in [2.75, 3.05) is 18.9 Å². The van der Waals surface area contributed by atoms with E-state index in [1.807, 2.05) is 30.5 Å². The molecule has 25 heavy (non-hydrogen) atoms. The first-order valence-corrected chi connectivity index (χ1v) is 9.19. The van der Waals surface area contributed by atoms with Crippen LogP contribution in [0.2, 0.25) is 0 Å². The summed E-state index contributed by atoms with van der Waals surface area (Å²) in [6.07, 6.45) is 4.06. The maximum atomic E-state index is 11.9. The van der Waals surface area contributed by atoms with Gasteiger partial charge in [-0.05, 0) is 18.9 Å². The van der Waals surface area contributed by atoms with Gasteiger partial charge >= 0.3 is 0 Å². The highest BCUT2D eigenvalue weighted by molar-refractivity contribution is 7.99. The van der Waals surface area contributed by atoms with Crippen LogP contribution in [0.3, 0.4) is 0 Å². The van der Waals surface area contributed by atoms with Crippen molar-refractivity contribution in [3.05, 3.63) is 30.5 Å². The predicted octanol–water partition coefficient (Wildman–Crippen LogP) is 2.61. The van der Waals surface area contributed by atoms with Crippen LogP contribution in [0, 0.1) is 0 Å². The molecule has 1 aliphatic rings. The average molecular weight is 358 g/mol. The number of para-hydroxylation sites is 1. The van der Waals surface area contributed by atoms with Crippen LogP contribution >= 0.6 is 11.8 Å². The molecule has 3 aromatic rings. The van der Waals surface area contributed by atoms with Crippen LogP contribution in [0.15, 0.2) is 40.1 Å². The number of fused-ring (bicyclic) bond motifs is 1. The fraction of sp³-hybridized carbons (Fsp3) is 0.353. The monoisotopic (exact) mass is 358 g/mol. The lowest BCUT2D eigenvalue weighted by molar-refractivity contribution is -0.119. The highest BCUT2D eigenvalue weighted by Crippen LogP contribution is 2.29. The van der Waals surface area contributed by atoms with E-state index >= 15 is 0 Å². The summed E-state index contributed by atoms with van der Waals surface area (Å²) in [6.45, 7) is 1.34. The largest absolute Gasteiger partial charge is 0.411 e. The van der Waals surface area contributed by atoms with Gasteiger partial charge in [-0.2, -0.15) is 0 Å². The van der Waals surface area contributed by atoms with Gasteiger partial charge in [0, 0.05) is 30.3 Å². The zero-order valence-corrected chi connectivity index (χ0v) is 14.3. The maximum absolute atomic E-state index is 11.9. The number of hydrogen-bond acceptors (Lipinski definition) is 6. The molecule has 1 atom stereocenters. The van der Waals surface area contributed by atoms with Crippen LogP contribution in [-0.4, -0.2) is 46.1 Å². The molecule has 1 fully saturated rings. The molecule has 2 aromatic heterocycles. The van der Waals surface area contributed by atoms with Gasteiger partial charge in [0.15, 0.2) is 0 Å². The number of nitrogens with zero attached hydrogens (tertiary/aromatic N) is 2. The molecule has 3 heterocycles. The third kappa shape index (κ3) is 3.69. The molecule has 0 unspecified atom stereocenters. The summed E-state index contributed by atoms with van der Waals surface area (Å²) in [4.78, 5) is 15.1. The molecule has 0 aliphatic carbocycles. The zero-order chi connectivity index (χ0) is 17.1. The number of carbonyl (C=O) groups excluding carboxylic acids is 1. The summed E-state index contributed by atoms with van der Waals surface area (Å²) < 4.78 is 11.2. The van der Waals surface area contributed by atoms with Crippen LogP contribution in [-0.2, 0) is 9.53 Å². The van der Waals surface area contributed by atoms with Gasteiger partial charge in [0.05, 0.1) is 17.4 Å². The van der Waals surface area contributed by atoms with E-state index in [2.05, 4.69) is 20.5 Å². The van der Waals surface area contributed by atoms with Gasteiger partial charge in [0.2, 0.25) is 5.91 Å². The molecule has 0 saturated carbocycles. The van der Waals surface area contributed by atoms with Gasteiger partial charge in [-0.15, -0.1) is 10.2 Å². The second-order valence-corrected chi connectivity index (χ2v) is 6.78. The van der Waals surface area contributed by atoms with E-state index in [-0.39, 0.29) is 17.8 Å². The Labute approximate surface area is 148 Å². The first kappa shape index (κ1) is 16.2. The number of thioether (sulfide) groups is 1. The maximum Gasteiger partial charge on any atom is 0.277 e. The van der Waals surface area contributed by atoms with E-state index in [0.717, 1.165) is 35.9 Å². The van der Waals surface area contributed by atoms with Gasteiger partial charge in [-0.1, -0.05) is 30.0 Å². The standard InChI is InChI=1S/C17H18N4O3S/c22-15(19-8-11-4-3-7-23-11)10-25-17-21-20-16(24-17)13-9-18-14-6-2-1-5-12(13)14/h1-2,5-6,9,11,18H,3-4,7-8,10H2,(H,19,22)/t11-/m1/s1. The number of benzene rings is 1. The number of H-pyrrole nitrogens is 1. The van der Waals surface area contributed by atoms with Crippen molar-refractivity contribution < 1.29 is 13.9 Å². The van der Waals surface area contributed by atoms with E-state index in [0.29, 0.717) is 17.7 Å². The summed E-state index contributed by atoms with van der Waals surface area (Å²) in [6, 6.07) is 7.91. The Morgan fingerprint density at radius 2 is 2.28 bits per heavy atom. The van der Waals surface area contributed by atoms with Crippen molar-refractivity contribution in [2.24, 2.45) is 0 Å². The van der Waals surface area contributed by atoms with Gasteiger partial charge < -0.3 is 19.5 Å². The lowest BCUT2D eigenvalue weighted by Crippen LogP contribution is -2.32. The molecule has 7 nitrogen and oxygen atoms in total. The molecule has 2 N–H and O–H groups in total. The van der Waals surface area contributed by atoms with E-state index in [9.17, 15) is 4.79 Å². The molecule has 0 bridgehead atoms. The minimum atomic E-state index is -0.0626. The summed E-state index contributed by atoms with van der Waals surface area (Å²) in [5, 5.41) is 12.4. The molecule has 1 aromatic carbocycles. The molecule has 1 saturated heterocycles. The fourth-order valence-electron chi connectivity index (χ4n) is 2.84. The molecular weight excluding hydrogens is 340 g/mol. The second-order valence-electron chi connectivity index (χ2n) is 5.85. The van der Waals surface area contributed by atoms with Crippen molar-refractivity contribution in [1.29, 1.82) is 0 Å². The van der Waals surface area contributed by atoms with Crippen LogP contribution in [0.25, 0.3) is 22.4 Å². The number of aromatic nitrogens is 3. The SMILES string of the molecule is O=C(CSc1nnc(-c2c[nH]c3ccccc23)o1)NC[C@H]1CCCO1. The first-order chi connectivity index (χ1) is 12.3. The third-order valence-corrected chi connectivity index (χ3v) is 4.92. The van der Waals surface area contributed by atoms with Gasteiger partial charge in [0.25, 0.3) is 11.1 Å². The van der Waals surface area contributed by atoms with E-state index in [1.54, 1.807) is 0 Å². The molecule has 4 rings (SSSR count). The van der Waals surface area contributed by atoms with Crippen molar-refractivity contribution in [1.82, 2.24) is 20.5 Å². The number of rotatable bonds is 6. The topological polar surface area (TPSA) is 93.0 Å². The Hall–Kier alpha value is -2.32. The first-order valence-electron chi connectivity index (χ1n) is 8.21. The van der Waals surface area contributed by atoms with Gasteiger partial charge in [-0.25, -0.2) is 0 Å². The molecule has 8 heteroatoms. The number of ether oxygens (including phenoxy) is 1. The normalized spacial score (nSPS) is 17.2. The van der Waals surface area contributed by atoms with Crippen LogP contribution < -0.4 is 5.32 Å². The van der Waals surface area contributed by atoms with Crippen molar-refractivity contribution in [3.8, 4) is 11.5 Å². The summed E-state index contributed by atoms with van der Waals surface area (Å²) in [5.74, 6) is 0.620. The minimum absolute atomic E-state index is 0.0626. The molecule has 1 amide bonds. The lowest BCUT2D eigenvalue weighted by Gasteiger charge is -2.09. The number of hydrogen-bond donors (Lipinski definition) is 2.